The number of para-hydroxylation sites is 1. The van der Waals surface area contributed by atoms with Gasteiger partial charge in [0.2, 0.25) is 0 Å². The second-order valence-electron chi connectivity index (χ2n) is 4.34. The van der Waals surface area contributed by atoms with E-state index in [1.54, 1.807) is 12.1 Å². The van der Waals surface area contributed by atoms with Crippen molar-refractivity contribution in [3.63, 3.8) is 0 Å². The van der Waals surface area contributed by atoms with Crippen molar-refractivity contribution < 1.29 is 24.4 Å². The molecule has 2 rings (SSSR count). The fourth-order valence-electron chi connectivity index (χ4n) is 1.78. The summed E-state index contributed by atoms with van der Waals surface area (Å²) in [4.78, 5) is 32.5. The van der Waals surface area contributed by atoms with Crippen LogP contribution in [0, 0.1) is 10.1 Å². The van der Waals surface area contributed by atoms with Gasteiger partial charge in [-0.3, -0.25) is 19.7 Å². The van der Waals surface area contributed by atoms with E-state index in [9.17, 15) is 19.7 Å². The summed E-state index contributed by atoms with van der Waals surface area (Å²) in [6.07, 6.45) is -0.638. The number of nitrogens with zero attached hydrogens (tertiary/aromatic N) is 1. The van der Waals surface area contributed by atoms with Gasteiger partial charge in [-0.2, -0.15) is 0 Å². The lowest BCUT2D eigenvalue weighted by Crippen LogP contribution is -2.08. The first kappa shape index (κ1) is 15.2. The topological polar surface area (TPSA) is 107 Å². The lowest BCUT2D eigenvalue weighted by molar-refractivity contribution is -0.384. The summed E-state index contributed by atoms with van der Waals surface area (Å²) in [7, 11) is 0. The molecule has 1 N–H and O–H groups in total. The van der Waals surface area contributed by atoms with Crippen LogP contribution in [0.2, 0.25) is 0 Å². The Labute approximate surface area is 124 Å². The molecule has 0 aliphatic rings. The van der Waals surface area contributed by atoms with Crippen molar-refractivity contribution in [1.29, 1.82) is 0 Å². The van der Waals surface area contributed by atoms with E-state index < -0.39 is 23.1 Å². The molecule has 0 radical (unpaired) electrons. The van der Waals surface area contributed by atoms with Crippen molar-refractivity contribution in [3.05, 3.63) is 64.2 Å². The Kier molecular flexibility index (Phi) is 4.47. The van der Waals surface area contributed by atoms with E-state index in [0.29, 0.717) is 5.75 Å². The first-order chi connectivity index (χ1) is 10.5. The number of aliphatic carboxylic acids is 1. The summed E-state index contributed by atoms with van der Waals surface area (Å²) < 4.78 is 5.51. The van der Waals surface area contributed by atoms with Crippen LogP contribution in [-0.4, -0.2) is 21.8 Å². The predicted molar refractivity (Wildman–Crippen MR) is 76.2 cm³/mol. The highest BCUT2D eigenvalue weighted by atomic mass is 16.6. The normalized spacial score (nSPS) is 10.0. The second kappa shape index (κ2) is 6.49. The molecule has 2 aromatic carbocycles. The Balaban J connectivity index is 2.24. The zero-order chi connectivity index (χ0) is 16.1. The zero-order valence-corrected chi connectivity index (χ0v) is 11.3. The standard InChI is InChI=1S/C15H11NO6/c17-13(9-15(18)19)12-3-1-2-4-14(12)22-11-7-5-10(6-8-11)16(20)21/h1-8H,9H2,(H,18,19). The van der Waals surface area contributed by atoms with E-state index in [4.69, 9.17) is 9.84 Å². The number of nitro groups is 1. The Morgan fingerprint density at radius 3 is 2.32 bits per heavy atom. The van der Waals surface area contributed by atoms with Gasteiger partial charge in [0.05, 0.1) is 10.5 Å². The average Bonchev–Trinajstić information content (AvgIpc) is 2.47. The number of rotatable bonds is 6. The maximum absolute atomic E-state index is 11.9. The number of nitro benzene ring substituents is 1. The van der Waals surface area contributed by atoms with Gasteiger partial charge in [-0.25, -0.2) is 0 Å². The molecule has 0 aliphatic carbocycles. The lowest BCUT2D eigenvalue weighted by atomic mass is 10.1. The number of ether oxygens (including phenoxy) is 1. The van der Waals surface area contributed by atoms with Crippen LogP contribution in [-0.2, 0) is 4.79 Å². The Bertz CT molecular complexity index is 723. The molecule has 0 spiro atoms. The SMILES string of the molecule is O=C(O)CC(=O)c1ccccc1Oc1ccc([N+](=O)[O-])cc1. The summed E-state index contributed by atoms with van der Waals surface area (Å²) in [6.45, 7) is 0. The van der Waals surface area contributed by atoms with Gasteiger partial charge in [0.15, 0.2) is 5.78 Å². The van der Waals surface area contributed by atoms with Crippen molar-refractivity contribution >= 4 is 17.4 Å². The number of carboxylic acid groups (broad SMARTS) is 1. The molecule has 0 aromatic heterocycles. The van der Waals surface area contributed by atoms with Crippen molar-refractivity contribution in [3.8, 4) is 11.5 Å². The molecule has 0 atom stereocenters. The van der Waals surface area contributed by atoms with Crippen molar-refractivity contribution in [1.82, 2.24) is 0 Å². The van der Waals surface area contributed by atoms with Crippen molar-refractivity contribution in [2.45, 2.75) is 6.42 Å². The second-order valence-corrected chi connectivity index (χ2v) is 4.34. The van der Waals surface area contributed by atoms with Gasteiger partial charge in [-0.05, 0) is 24.3 Å². The van der Waals surface area contributed by atoms with Gasteiger partial charge in [0.1, 0.15) is 17.9 Å². The van der Waals surface area contributed by atoms with Crippen LogP contribution in [0.3, 0.4) is 0 Å². The number of hydrogen-bond donors (Lipinski definition) is 1. The lowest BCUT2D eigenvalue weighted by Gasteiger charge is -2.09. The summed E-state index contributed by atoms with van der Waals surface area (Å²) in [6, 6.07) is 11.6. The third-order valence-corrected chi connectivity index (χ3v) is 2.77. The number of carboxylic acids is 1. The minimum absolute atomic E-state index is 0.0809. The van der Waals surface area contributed by atoms with E-state index in [0.717, 1.165) is 0 Å². The third kappa shape index (κ3) is 3.66. The van der Waals surface area contributed by atoms with Crippen LogP contribution >= 0.6 is 0 Å². The van der Waals surface area contributed by atoms with Gasteiger partial charge in [-0.15, -0.1) is 0 Å². The van der Waals surface area contributed by atoms with Gasteiger partial charge < -0.3 is 9.84 Å². The molecule has 0 unspecified atom stereocenters. The van der Waals surface area contributed by atoms with Crippen LogP contribution < -0.4 is 4.74 Å². The quantitative estimate of drug-likeness (QED) is 0.380. The molecular weight excluding hydrogens is 290 g/mol. The van der Waals surface area contributed by atoms with Gasteiger partial charge in [-0.1, -0.05) is 12.1 Å². The zero-order valence-electron chi connectivity index (χ0n) is 11.3. The minimum atomic E-state index is -1.23. The molecule has 112 valence electrons. The van der Waals surface area contributed by atoms with E-state index in [1.807, 2.05) is 0 Å². The summed E-state index contributed by atoms with van der Waals surface area (Å²) in [5.74, 6) is -1.30. The monoisotopic (exact) mass is 301 g/mol. The Hall–Kier alpha value is -3.22. The molecule has 0 fully saturated rings. The number of benzene rings is 2. The Morgan fingerprint density at radius 1 is 1.09 bits per heavy atom. The highest BCUT2D eigenvalue weighted by molar-refractivity contribution is 6.07. The van der Waals surface area contributed by atoms with E-state index >= 15 is 0 Å². The summed E-state index contributed by atoms with van der Waals surface area (Å²) in [5, 5.41) is 19.3. The van der Waals surface area contributed by atoms with Crippen LogP contribution in [0.5, 0.6) is 11.5 Å². The molecule has 0 amide bonds. The number of carbonyl (C=O) groups is 2. The summed E-state index contributed by atoms with van der Waals surface area (Å²) >= 11 is 0. The fourth-order valence-corrected chi connectivity index (χ4v) is 1.78. The van der Waals surface area contributed by atoms with E-state index in [-0.39, 0.29) is 17.0 Å². The molecule has 0 bridgehead atoms. The molecule has 22 heavy (non-hydrogen) atoms. The molecule has 0 saturated carbocycles. The maximum Gasteiger partial charge on any atom is 0.311 e. The largest absolute Gasteiger partial charge is 0.481 e. The number of Topliss-reactive ketones (excluding diaryl/α,β-unsaturated/α-hetero) is 1. The first-order valence-corrected chi connectivity index (χ1v) is 6.23. The minimum Gasteiger partial charge on any atom is -0.481 e. The highest BCUT2D eigenvalue weighted by Gasteiger charge is 2.16. The Morgan fingerprint density at radius 2 is 1.73 bits per heavy atom. The number of ketones is 1. The molecule has 0 aliphatic heterocycles. The molecule has 0 heterocycles. The van der Waals surface area contributed by atoms with Crippen LogP contribution in [0.25, 0.3) is 0 Å². The van der Waals surface area contributed by atoms with Gasteiger partial charge in [0.25, 0.3) is 5.69 Å². The number of hydrogen-bond acceptors (Lipinski definition) is 5. The van der Waals surface area contributed by atoms with Crippen LogP contribution in [0.15, 0.2) is 48.5 Å². The van der Waals surface area contributed by atoms with Crippen LogP contribution in [0.1, 0.15) is 16.8 Å². The molecule has 7 nitrogen and oxygen atoms in total. The van der Waals surface area contributed by atoms with E-state index in [2.05, 4.69) is 0 Å². The third-order valence-electron chi connectivity index (χ3n) is 2.77. The highest BCUT2D eigenvalue weighted by Crippen LogP contribution is 2.27. The smallest absolute Gasteiger partial charge is 0.311 e. The van der Waals surface area contributed by atoms with Crippen molar-refractivity contribution in [2.75, 3.05) is 0 Å². The maximum atomic E-state index is 11.9. The van der Waals surface area contributed by atoms with Crippen molar-refractivity contribution in [2.24, 2.45) is 0 Å². The van der Waals surface area contributed by atoms with Gasteiger partial charge in [0, 0.05) is 12.1 Å². The molecule has 0 saturated heterocycles. The number of non-ortho nitro benzene ring substituents is 1. The van der Waals surface area contributed by atoms with Crippen LogP contribution in [0.4, 0.5) is 5.69 Å². The predicted octanol–water partition coefficient (Wildman–Crippen LogP) is 3.04. The fraction of sp³-hybridized carbons (Fsp3) is 0.0667. The van der Waals surface area contributed by atoms with Gasteiger partial charge >= 0.3 is 5.97 Å². The molecular formula is C15H11NO6. The molecule has 2 aromatic rings. The number of carbonyl (C=O) groups excluding carboxylic acids is 1. The average molecular weight is 301 g/mol. The van der Waals surface area contributed by atoms with E-state index in [1.165, 1.54) is 36.4 Å². The molecule has 7 heteroatoms. The summed E-state index contributed by atoms with van der Waals surface area (Å²) in [5.41, 5.74) is 0.0610. The first-order valence-electron chi connectivity index (χ1n) is 6.23.